The van der Waals surface area contributed by atoms with E-state index in [2.05, 4.69) is 9.71 Å². The Morgan fingerprint density at radius 2 is 1.92 bits per heavy atom. The second-order valence-electron chi connectivity index (χ2n) is 4.77. The summed E-state index contributed by atoms with van der Waals surface area (Å²) in [5, 5.41) is 8.34. The summed E-state index contributed by atoms with van der Waals surface area (Å²) in [5.74, 6) is 0. The number of rotatable bonds is 3. The molecule has 1 N–H and O–H groups in total. The number of benzene rings is 1. The smallest absolute Gasteiger partial charge is 0.277 e. The van der Waals surface area contributed by atoms with Crippen LogP contribution in [-0.4, -0.2) is 43.0 Å². The Morgan fingerprint density at radius 3 is 2.48 bits per heavy atom. The summed E-state index contributed by atoms with van der Waals surface area (Å²) >= 11 is 5.47. The van der Waals surface area contributed by atoms with Crippen molar-refractivity contribution >= 4 is 56.9 Å². The van der Waals surface area contributed by atoms with Gasteiger partial charge in [-0.15, -0.1) is 0 Å². The molecule has 0 bridgehead atoms. The number of nitrogens with zero attached hydrogens (tertiary/aromatic N) is 2. The molecule has 0 atom stereocenters. The van der Waals surface area contributed by atoms with E-state index >= 15 is 0 Å². The number of alkyl halides is 3. The van der Waals surface area contributed by atoms with E-state index in [0.29, 0.717) is 11.6 Å². The summed E-state index contributed by atoms with van der Waals surface area (Å²) in [6, 6.07) is 5.27. The van der Waals surface area contributed by atoms with E-state index in [4.69, 9.17) is 16.9 Å². The molecule has 0 aliphatic rings. The van der Waals surface area contributed by atoms with Crippen LogP contribution in [0.1, 0.15) is 16.8 Å². The van der Waals surface area contributed by atoms with Gasteiger partial charge in [-0.2, -0.15) is 18.4 Å². The molecular weight excluding hydrogens is 390 g/mol. The van der Waals surface area contributed by atoms with Crippen LogP contribution >= 0.6 is 11.6 Å². The molecule has 0 saturated heterocycles. The van der Waals surface area contributed by atoms with Crippen molar-refractivity contribution in [2.45, 2.75) is 18.0 Å². The number of anilines is 1. The van der Waals surface area contributed by atoms with Crippen LogP contribution < -0.4 is 4.72 Å². The van der Waals surface area contributed by atoms with E-state index in [9.17, 15) is 21.6 Å². The average molecular weight is 399 g/mol. The minimum Gasteiger partial charge on any atom is -0.277 e. The Labute approximate surface area is 169 Å². The fourth-order valence-electron chi connectivity index (χ4n) is 1.83. The molecule has 25 heavy (non-hydrogen) atoms. The number of pyridine rings is 1. The van der Waals surface area contributed by atoms with Crippen LogP contribution in [0.2, 0.25) is 5.02 Å². The fourth-order valence-corrected chi connectivity index (χ4v) is 3.14. The normalized spacial score (nSPS) is 11.4. The van der Waals surface area contributed by atoms with Crippen LogP contribution in [0.25, 0.3) is 0 Å². The van der Waals surface area contributed by atoms with Gasteiger partial charge in [0.1, 0.15) is 6.07 Å². The Kier molecular flexibility index (Phi) is 6.89. The average Bonchev–Trinajstić information content (AvgIpc) is 2.46. The van der Waals surface area contributed by atoms with Crippen LogP contribution in [0.15, 0.2) is 35.4 Å². The standard InChI is InChI=1S/C14H9ClF3N3O2S.Na/c1-8-4-12(13(6-19)20-7-8)21-24(22,23)9-2-3-11(15)10(5-9)14(16,17)18;/h2-5,7,21H,1H3;. The fraction of sp³-hybridized carbons (Fsp3) is 0.143. The van der Waals surface area contributed by atoms with Crippen molar-refractivity contribution in [3.05, 3.63) is 52.3 Å². The van der Waals surface area contributed by atoms with E-state index in [0.717, 1.165) is 12.1 Å². The van der Waals surface area contributed by atoms with E-state index in [-0.39, 0.29) is 40.9 Å². The first-order valence-corrected chi connectivity index (χ1v) is 8.17. The van der Waals surface area contributed by atoms with E-state index < -0.39 is 31.7 Å². The number of sulfonamides is 1. The van der Waals surface area contributed by atoms with Gasteiger partial charge in [0.05, 0.1) is 21.2 Å². The van der Waals surface area contributed by atoms with Gasteiger partial charge in [0.2, 0.25) is 0 Å². The van der Waals surface area contributed by atoms with Gasteiger partial charge in [-0.25, -0.2) is 13.4 Å². The summed E-state index contributed by atoms with van der Waals surface area (Å²) in [6.07, 6.45) is -3.44. The minimum atomic E-state index is -4.80. The summed E-state index contributed by atoms with van der Waals surface area (Å²) < 4.78 is 65.3. The Morgan fingerprint density at radius 1 is 1.28 bits per heavy atom. The summed E-state index contributed by atoms with van der Waals surface area (Å²) in [4.78, 5) is 3.12. The third kappa shape index (κ3) is 5.09. The first-order chi connectivity index (χ1) is 11.0. The predicted octanol–water partition coefficient (Wildman–Crippen LogP) is 3.35. The monoisotopic (exact) mass is 398 g/mol. The molecule has 0 spiro atoms. The molecule has 1 aromatic heterocycles. The molecule has 1 heterocycles. The van der Waals surface area contributed by atoms with E-state index in [1.807, 2.05) is 0 Å². The Bertz CT molecular complexity index is 943. The maximum Gasteiger partial charge on any atom is 0.417 e. The Hall–Kier alpha value is -1.31. The van der Waals surface area contributed by atoms with Crippen molar-refractivity contribution in [2.75, 3.05) is 4.72 Å². The largest absolute Gasteiger partial charge is 0.417 e. The molecule has 0 aliphatic heterocycles. The molecule has 0 amide bonds. The quantitative estimate of drug-likeness (QED) is 0.804. The molecule has 2 rings (SSSR count). The number of halogens is 4. The number of hydrogen-bond donors (Lipinski definition) is 1. The van der Waals surface area contributed by atoms with Crippen LogP contribution in [0.3, 0.4) is 0 Å². The van der Waals surface area contributed by atoms with Crippen LogP contribution in [0.5, 0.6) is 0 Å². The zero-order valence-corrected chi connectivity index (χ0v) is 16.6. The van der Waals surface area contributed by atoms with Gasteiger partial charge in [-0.1, -0.05) is 11.6 Å². The van der Waals surface area contributed by atoms with Crippen LogP contribution in [0, 0.1) is 18.3 Å². The molecule has 1 radical (unpaired) electrons. The van der Waals surface area contributed by atoms with Gasteiger partial charge in [0.25, 0.3) is 10.0 Å². The molecule has 127 valence electrons. The number of aryl methyl sites for hydroxylation is 1. The third-order valence-electron chi connectivity index (χ3n) is 2.93. The third-order valence-corrected chi connectivity index (χ3v) is 4.62. The molecule has 5 nitrogen and oxygen atoms in total. The van der Waals surface area contributed by atoms with Crippen molar-refractivity contribution in [3.63, 3.8) is 0 Å². The van der Waals surface area contributed by atoms with Crippen molar-refractivity contribution in [3.8, 4) is 6.07 Å². The second kappa shape index (κ2) is 7.93. The zero-order chi connectivity index (χ0) is 18.1. The summed E-state index contributed by atoms with van der Waals surface area (Å²) in [5.41, 5.74) is -1.02. The van der Waals surface area contributed by atoms with Gasteiger partial charge in [-0.3, -0.25) is 4.72 Å². The van der Waals surface area contributed by atoms with Crippen LogP contribution in [-0.2, 0) is 16.2 Å². The van der Waals surface area contributed by atoms with Gasteiger partial charge in [0.15, 0.2) is 5.69 Å². The van der Waals surface area contributed by atoms with Crippen molar-refractivity contribution in [2.24, 2.45) is 0 Å². The molecule has 0 unspecified atom stereocenters. The number of nitrogens with one attached hydrogen (secondary N) is 1. The molecule has 1 aromatic carbocycles. The first kappa shape index (κ1) is 21.7. The predicted molar refractivity (Wildman–Crippen MR) is 86.7 cm³/mol. The summed E-state index contributed by atoms with van der Waals surface area (Å²) in [6.45, 7) is 1.62. The van der Waals surface area contributed by atoms with Gasteiger partial charge in [0, 0.05) is 35.8 Å². The maximum absolute atomic E-state index is 12.9. The number of aromatic nitrogens is 1. The van der Waals surface area contributed by atoms with E-state index in [1.165, 1.54) is 12.3 Å². The van der Waals surface area contributed by atoms with Gasteiger partial charge < -0.3 is 0 Å². The van der Waals surface area contributed by atoms with E-state index in [1.54, 1.807) is 13.0 Å². The molecular formula is C14H9ClF3N3NaO2S. The molecule has 0 saturated carbocycles. The second-order valence-corrected chi connectivity index (χ2v) is 6.86. The molecule has 11 heteroatoms. The van der Waals surface area contributed by atoms with Gasteiger partial charge >= 0.3 is 6.18 Å². The topological polar surface area (TPSA) is 82.8 Å². The van der Waals surface area contributed by atoms with Crippen molar-refractivity contribution in [1.29, 1.82) is 5.26 Å². The Balaban J connectivity index is 0.00000312. The number of nitriles is 1. The number of hydrogen-bond acceptors (Lipinski definition) is 4. The summed E-state index contributed by atoms with van der Waals surface area (Å²) in [7, 11) is -4.36. The minimum absolute atomic E-state index is 0. The van der Waals surface area contributed by atoms with Gasteiger partial charge in [-0.05, 0) is 36.8 Å². The van der Waals surface area contributed by atoms with Crippen molar-refractivity contribution < 1.29 is 21.6 Å². The molecule has 2 aromatic rings. The zero-order valence-electron chi connectivity index (χ0n) is 13.0. The molecule has 0 aliphatic carbocycles. The first-order valence-electron chi connectivity index (χ1n) is 6.31. The maximum atomic E-state index is 12.9. The van der Waals surface area contributed by atoms with Crippen molar-refractivity contribution in [1.82, 2.24) is 4.98 Å². The van der Waals surface area contributed by atoms with Crippen LogP contribution in [0.4, 0.5) is 18.9 Å². The molecule has 0 fully saturated rings. The SMILES string of the molecule is Cc1cnc(C#N)c(NS(=O)(=O)c2ccc(Cl)c(C(F)(F)F)c2)c1.[Na].